The molecular weight excluding hydrogens is 293 g/mol. The molecule has 0 fully saturated rings. The Morgan fingerprint density at radius 1 is 1.38 bits per heavy atom. The molecule has 2 aromatic rings. The molecule has 2 rings (SSSR count). The molecule has 0 bridgehead atoms. The van der Waals surface area contributed by atoms with Crippen molar-refractivity contribution in [2.24, 2.45) is 0 Å². The van der Waals surface area contributed by atoms with Crippen LogP contribution in [0.15, 0.2) is 18.2 Å². The summed E-state index contributed by atoms with van der Waals surface area (Å²) in [6.07, 6.45) is 0.593. The second kappa shape index (κ2) is 4.53. The predicted octanol–water partition coefficient (Wildman–Crippen LogP) is 0.839. The van der Waals surface area contributed by atoms with E-state index in [0.29, 0.717) is 17.6 Å². The number of rotatable bonds is 4. The van der Waals surface area contributed by atoms with Gasteiger partial charge in [0.2, 0.25) is 0 Å². The maximum absolute atomic E-state index is 11.6. The van der Waals surface area contributed by atoms with Crippen LogP contribution in [0.4, 0.5) is 5.69 Å². The predicted molar refractivity (Wildman–Crippen MR) is 64.2 cm³/mol. The second-order valence-corrected chi connectivity index (χ2v) is 6.31. The first-order chi connectivity index (χ1) is 7.62. The van der Waals surface area contributed by atoms with E-state index in [4.69, 9.17) is 0 Å². The molecule has 0 aliphatic carbocycles. The van der Waals surface area contributed by atoms with Gasteiger partial charge in [0.05, 0.1) is 0 Å². The van der Waals surface area contributed by atoms with Crippen LogP contribution in [0.2, 0.25) is 0 Å². The number of hydrogen-bond acceptors (Lipinski definition) is 4. The van der Waals surface area contributed by atoms with Crippen LogP contribution >= 0.6 is 0 Å². The molecule has 16 heavy (non-hydrogen) atoms. The summed E-state index contributed by atoms with van der Waals surface area (Å²) in [5.74, 6) is 0.124. The average molecular weight is 304 g/mol. The van der Waals surface area contributed by atoms with Gasteiger partial charge in [-0.1, -0.05) is 0 Å². The standard InChI is InChI=1S/C9H11N3O2SSe/c1-2-6-15(13,14)10-7-4-3-5-8-9(7)12-16-11-8/h3-5,10H,2,6H2,1H3. The van der Waals surface area contributed by atoms with Gasteiger partial charge in [-0.25, -0.2) is 0 Å². The van der Waals surface area contributed by atoms with Gasteiger partial charge in [-0.05, 0) is 0 Å². The van der Waals surface area contributed by atoms with Crippen LogP contribution in [0, 0.1) is 0 Å². The summed E-state index contributed by atoms with van der Waals surface area (Å²) < 4.78 is 34.2. The fourth-order valence-electron chi connectivity index (χ4n) is 1.38. The van der Waals surface area contributed by atoms with E-state index < -0.39 is 10.0 Å². The Balaban J connectivity index is 2.38. The number of sulfonamides is 1. The molecule has 1 aromatic heterocycles. The van der Waals surface area contributed by atoms with E-state index >= 15 is 0 Å². The molecule has 1 heterocycles. The molecule has 0 radical (unpaired) electrons. The second-order valence-electron chi connectivity index (χ2n) is 3.36. The molecule has 1 aromatic carbocycles. The Hall–Kier alpha value is -0.911. The van der Waals surface area contributed by atoms with E-state index in [1.165, 1.54) is 0 Å². The van der Waals surface area contributed by atoms with Crippen LogP contribution in [0.25, 0.3) is 11.0 Å². The number of fused-ring (bicyclic) bond motifs is 1. The van der Waals surface area contributed by atoms with Crippen LogP contribution in [-0.2, 0) is 10.0 Å². The van der Waals surface area contributed by atoms with Gasteiger partial charge in [-0.2, -0.15) is 0 Å². The van der Waals surface area contributed by atoms with E-state index in [1.54, 1.807) is 12.1 Å². The Kier molecular flexibility index (Phi) is 3.27. The summed E-state index contributed by atoms with van der Waals surface area (Å²) in [5.41, 5.74) is 1.98. The first-order valence-electron chi connectivity index (χ1n) is 4.84. The fraction of sp³-hybridized carbons (Fsp3) is 0.333. The van der Waals surface area contributed by atoms with Gasteiger partial charge >= 0.3 is 100 Å². The third kappa shape index (κ3) is 2.42. The topological polar surface area (TPSA) is 72.0 Å². The van der Waals surface area contributed by atoms with Gasteiger partial charge in [0.1, 0.15) is 0 Å². The fourth-order valence-corrected chi connectivity index (χ4v) is 3.67. The Morgan fingerprint density at radius 2 is 2.19 bits per heavy atom. The van der Waals surface area contributed by atoms with Gasteiger partial charge in [0.25, 0.3) is 0 Å². The monoisotopic (exact) mass is 305 g/mol. The molecule has 7 heteroatoms. The van der Waals surface area contributed by atoms with Crippen molar-refractivity contribution >= 4 is 41.7 Å². The van der Waals surface area contributed by atoms with Gasteiger partial charge in [-0.3, -0.25) is 0 Å². The molecule has 0 atom stereocenters. The first kappa shape index (κ1) is 11.6. The van der Waals surface area contributed by atoms with Crippen molar-refractivity contribution in [3.63, 3.8) is 0 Å². The number of aromatic nitrogens is 2. The van der Waals surface area contributed by atoms with Crippen molar-refractivity contribution < 1.29 is 8.42 Å². The molecule has 0 aliphatic heterocycles. The van der Waals surface area contributed by atoms with Crippen molar-refractivity contribution in [2.45, 2.75) is 13.3 Å². The van der Waals surface area contributed by atoms with Crippen molar-refractivity contribution in [3.05, 3.63) is 18.2 Å². The summed E-state index contributed by atoms with van der Waals surface area (Å²) in [5, 5.41) is 0. The van der Waals surface area contributed by atoms with E-state index in [9.17, 15) is 8.42 Å². The van der Waals surface area contributed by atoms with Crippen molar-refractivity contribution in [1.29, 1.82) is 0 Å². The molecule has 0 spiro atoms. The van der Waals surface area contributed by atoms with Crippen LogP contribution < -0.4 is 4.72 Å². The number of benzene rings is 1. The van der Waals surface area contributed by atoms with Crippen molar-refractivity contribution in [1.82, 2.24) is 7.96 Å². The molecule has 0 unspecified atom stereocenters. The number of hydrogen-bond donors (Lipinski definition) is 1. The molecule has 5 nitrogen and oxygen atoms in total. The molecule has 0 saturated heterocycles. The quantitative estimate of drug-likeness (QED) is 0.850. The zero-order valence-electron chi connectivity index (χ0n) is 8.67. The van der Waals surface area contributed by atoms with Crippen LogP contribution in [0.3, 0.4) is 0 Å². The summed E-state index contributed by atoms with van der Waals surface area (Å²) >= 11 is -0.144. The number of nitrogens with zero attached hydrogens (tertiary/aromatic N) is 2. The summed E-state index contributed by atoms with van der Waals surface area (Å²) in [6, 6.07) is 5.33. The van der Waals surface area contributed by atoms with E-state index in [2.05, 4.69) is 12.7 Å². The Morgan fingerprint density at radius 3 is 2.94 bits per heavy atom. The van der Waals surface area contributed by atoms with E-state index in [0.717, 1.165) is 5.52 Å². The summed E-state index contributed by atoms with van der Waals surface area (Å²) in [4.78, 5) is 0. The molecule has 1 N–H and O–H groups in total. The van der Waals surface area contributed by atoms with Gasteiger partial charge in [0.15, 0.2) is 0 Å². The minimum atomic E-state index is -3.25. The Labute approximate surface area is 100 Å². The molecule has 0 amide bonds. The van der Waals surface area contributed by atoms with Gasteiger partial charge in [0, 0.05) is 0 Å². The maximum atomic E-state index is 11.6. The van der Waals surface area contributed by atoms with Gasteiger partial charge in [-0.15, -0.1) is 0 Å². The normalized spacial score (nSPS) is 11.8. The van der Waals surface area contributed by atoms with E-state index in [-0.39, 0.29) is 20.7 Å². The molecular formula is C9H11N3O2SSe. The van der Waals surface area contributed by atoms with Gasteiger partial charge < -0.3 is 0 Å². The van der Waals surface area contributed by atoms with Crippen molar-refractivity contribution in [3.8, 4) is 0 Å². The zero-order chi connectivity index (χ0) is 11.6. The summed E-state index contributed by atoms with van der Waals surface area (Å²) in [6.45, 7) is 1.83. The SMILES string of the molecule is CCCS(=O)(=O)Nc1cccc2n[se]nc12. The Bertz CT molecular complexity index is 594. The molecule has 0 aliphatic rings. The first-order valence-corrected chi connectivity index (χ1v) is 8.02. The number of nitrogens with one attached hydrogen (secondary N) is 1. The summed E-state index contributed by atoms with van der Waals surface area (Å²) in [7, 11) is -3.25. The van der Waals surface area contributed by atoms with Crippen molar-refractivity contribution in [2.75, 3.05) is 10.5 Å². The third-order valence-electron chi connectivity index (χ3n) is 2.02. The minimum absolute atomic E-state index is 0.124. The van der Waals surface area contributed by atoms with Crippen LogP contribution in [0.5, 0.6) is 0 Å². The van der Waals surface area contributed by atoms with Crippen LogP contribution in [0.1, 0.15) is 13.3 Å². The molecule has 0 saturated carbocycles. The van der Waals surface area contributed by atoms with Crippen LogP contribution in [-0.4, -0.2) is 37.1 Å². The van der Waals surface area contributed by atoms with E-state index in [1.807, 2.05) is 13.0 Å². The zero-order valence-corrected chi connectivity index (χ0v) is 11.2. The third-order valence-corrected chi connectivity index (χ3v) is 4.64. The molecule has 86 valence electrons. The number of anilines is 1. The average Bonchev–Trinajstić information content (AvgIpc) is 2.65.